The van der Waals surface area contributed by atoms with Crippen LogP contribution in [0.1, 0.15) is 26.7 Å². The van der Waals surface area contributed by atoms with Crippen LogP contribution in [0.3, 0.4) is 0 Å². The fourth-order valence-electron chi connectivity index (χ4n) is 2.96. The lowest BCUT2D eigenvalue weighted by atomic mass is 9.81. The van der Waals surface area contributed by atoms with Crippen molar-refractivity contribution in [3.05, 3.63) is 0 Å². The van der Waals surface area contributed by atoms with Gasteiger partial charge in [0.1, 0.15) is 0 Å². The molecule has 1 atom stereocenters. The highest BCUT2D eigenvalue weighted by molar-refractivity contribution is 4.87. The zero-order chi connectivity index (χ0) is 15.6. The van der Waals surface area contributed by atoms with Crippen LogP contribution < -0.4 is 5.32 Å². The predicted molar refractivity (Wildman–Crippen MR) is 85.6 cm³/mol. The third-order valence-electron chi connectivity index (χ3n) is 4.04. The third kappa shape index (κ3) is 7.56. The minimum atomic E-state index is 0.163. The Balaban J connectivity index is 2.56. The Morgan fingerprint density at radius 1 is 1.38 bits per heavy atom. The molecule has 2 N–H and O–H groups in total. The van der Waals surface area contributed by atoms with E-state index in [9.17, 15) is 5.11 Å². The van der Waals surface area contributed by atoms with Crippen LogP contribution in [-0.4, -0.2) is 76.3 Å². The summed E-state index contributed by atoms with van der Waals surface area (Å²) in [5.74, 6) is 0.661. The topological polar surface area (TPSA) is 54.0 Å². The Morgan fingerprint density at radius 3 is 2.76 bits per heavy atom. The normalized spacial score (nSPS) is 23.1. The first-order valence-corrected chi connectivity index (χ1v) is 8.22. The molecule has 0 saturated carbocycles. The number of nitrogens with zero attached hydrogens (tertiary/aromatic N) is 1. The van der Waals surface area contributed by atoms with E-state index in [-0.39, 0.29) is 12.0 Å². The zero-order valence-electron chi connectivity index (χ0n) is 14.1. The lowest BCUT2D eigenvalue weighted by Gasteiger charge is -2.41. The second-order valence-corrected chi connectivity index (χ2v) is 6.67. The Hall–Kier alpha value is -0.200. The first kappa shape index (κ1) is 18.8. The van der Waals surface area contributed by atoms with Gasteiger partial charge in [-0.3, -0.25) is 4.90 Å². The van der Waals surface area contributed by atoms with Crippen LogP contribution in [0.4, 0.5) is 0 Å². The van der Waals surface area contributed by atoms with Crippen LogP contribution in [0.25, 0.3) is 0 Å². The fraction of sp³-hybridized carbons (Fsp3) is 1.00. The van der Waals surface area contributed by atoms with E-state index in [1.807, 2.05) is 0 Å². The smallest absolute Gasteiger partial charge is 0.0589 e. The molecule has 1 aliphatic heterocycles. The van der Waals surface area contributed by atoms with Gasteiger partial charge in [0.15, 0.2) is 0 Å². The molecule has 5 heteroatoms. The number of hydrogen-bond acceptors (Lipinski definition) is 5. The Kier molecular flexibility index (Phi) is 9.44. The lowest BCUT2D eigenvalue weighted by molar-refractivity contribution is -0.0310. The van der Waals surface area contributed by atoms with Crippen LogP contribution in [0.2, 0.25) is 0 Å². The maximum atomic E-state index is 9.27. The summed E-state index contributed by atoms with van der Waals surface area (Å²) in [6, 6.07) is 0. The summed E-state index contributed by atoms with van der Waals surface area (Å²) in [6.07, 6.45) is 2.31. The number of aliphatic hydroxyl groups excluding tert-OH is 1. The molecule has 0 aromatic carbocycles. The second kappa shape index (κ2) is 10.5. The van der Waals surface area contributed by atoms with Crippen molar-refractivity contribution in [2.45, 2.75) is 26.7 Å². The maximum absolute atomic E-state index is 9.27. The summed E-state index contributed by atoms with van der Waals surface area (Å²) < 4.78 is 10.9. The molecule has 0 spiro atoms. The molecule has 1 fully saturated rings. The van der Waals surface area contributed by atoms with E-state index >= 15 is 0 Å². The van der Waals surface area contributed by atoms with Gasteiger partial charge in [-0.05, 0) is 25.3 Å². The van der Waals surface area contributed by atoms with E-state index in [2.05, 4.69) is 24.1 Å². The van der Waals surface area contributed by atoms with Crippen molar-refractivity contribution in [3.63, 3.8) is 0 Å². The van der Waals surface area contributed by atoms with Gasteiger partial charge in [0.05, 0.1) is 19.8 Å². The molecule has 21 heavy (non-hydrogen) atoms. The van der Waals surface area contributed by atoms with Crippen LogP contribution in [0.5, 0.6) is 0 Å². The minimum absolute atomic E-state index is 0.163. The van der Waals surface area contributed by atoms with Crippen molar-refractivity contribution in [2.75, 3.05) is 66.3 Å². The van der Waals surface area contributed by atoms with Gasteiger partial charge in [-0.2, -0.15) is 0 Å². The fourth-order valence-corrected chi connectivity index (χ4v) is 2.96. The van der Waals surface area contributed by atoms with Crippen LogP contribution in [0, 0.1) is 11.3 Å². The Bertz CT molecular complexity index is 256. The third-order valence-corrected chi connectivity index (χ3v) is 4.04. The van der Waals surface area contributed by atoms with Gasteiger partial charge in [-0.1, -0.05) is 13.8 Å². The highest BCUT2D eigenvalue weighted by atomic mass is 16.5. The number of ether oxygens (including phenoxy) is 2. The molecule has 0 bridgehead atoms. The van der Waals surface area contributed by atoms with Gasteiger partial charge < -0.3 is 19.9 Å². The molecule has 1 heterocycles. The molecular formula is C16H34N2O3. The van der Waals surface area contributed by atoms with Crippen LogP contribution >= 0.6 is 0 Å². The number of hydrogen-bond donors (Lipinski definition) is 2. The standard InChI is InChI=1S/C16H34N2O3/c1-15(2)11-17-12-16(5-4-9-21-14-16)13-18(6-8-19)7-10-20-3/h15,17,19H,4-14H2,1-3H3. The van der Waals surface area contributed by atoms with Crippen molar-refractivity contribution >= 4 is 0 Å². The molecule has 0 amide bonds. The molecule has 1 saturated heterocycles. The summed E-state index contributed by atoms with van der Waals surface area (Å²) in [5, 5.41) is 12.9. The molecule has 0 aromatic rings. The number of nitrogens with one attached hydrogen (secondary N) is 1. The first-order valence-electron chi connectivity index (χ1n) is 8.22. The van der Waals surface area contributed by atoms with Gasteiger partial charge >= 0.3 is 0 Å². The Morgan fingerprint density at radius 2 is 2.19 bits per heavy atom. The van der Waals surface area contributed by atoms with E-state index in [0.717, 1.165) is 45.8 Å². The summed E-state index contributed by atoms with van der Waals surface area (Å²) in [7, 11) is 1.72. The summed E-state index contributed by atoms with van der Waals surface area (Å²) in [6.45, 7) is 11.6. The first-order chi connectivity index (χ1) is 10.1. The van der Waals surface area contributed by atoms with E-state index < -0.39 is 0 Å². The van der Waals surface area contributed by atoms with Gasteiger partial charge in [-0.15, -0.1) is 0 Å². The molecule has 1 unspecified atom stereocenters. The monoisotopic (exact) mass is 302 g/mol. The molecule has 0 radical (unpaired) electrons. The van der Waals surface area contributed by atoms with Gasteiger partial charge in [0.2, 0.25) is 0 Å². The van der Waals surface area contributed by atoms with Crippen molar-refractivity contribution in [1.29, 1.82) is 0 Å². The summed E-state index contributed by atoms with van der Waals surface area (Å²) in [4.78, 5) is 2.30. The van der Waals surface area contributed by atoms with Gasteiger partial charge in [-0.25, -0.2) is 0 Å². The quantitative estimate of drug-likeness (QED) is 0.596. The molecule has 0 aliphatic carbocycles. The minimum Gasteiger partial charge on any atom is -0.395 e. The van der Waals surface area contributed by atoms with Crippen molar-refractivity contribution in [3.8, 4) is 0 Å². The summed E-state index contributed by atoms with van der Waals surface area (Å²) >= 11 is 0. The van der Waals surface area contributed by atoms with Gasteiger partial charge in [0, 0.05) is 45.3 Å². The van der Waals surface area contributed by atoms with E-state index in [4.69, 9.17) is 9.47 Å². The second-order valence-electron chi connectivity index (χ2n) is 6.67. The number of rotatable bonds is 11. The highest BCUT2D eigenvalue weighted by Gasteiger charge is 2.34. The van der Waals surface area contributed by atoms with E-state index in [1.165, 1.54) is 6.42 Å². The maximum Gasteiger partial charge on any atom is 0.0589 e. The average Bonchev–Trinajstić information content (AvgIpc) is 2.45. The van der Waals surface area contributed by atoms with Crippen LogP contribution in [-0.2, 0) is 9.47 Å². The van der Waals surface area contributed by atoms with Crippen LogP contribution in [0.15, 0.2) is 0 Å². The van der Waals surface area contributed by atoms with Gasteiger partial charge in [0.25, 0.3) is 0 Å². The zero-order valence-corrected chi connectivity index (χ0v) is 14.1. The largest absolute Gasteiger partial charge is 0.395 e. The van der Waals surface area contributed by atoms with E-state index in [0.29, 0.717) is 19.1 Å². The lowest BCUT2D eigenvalue weighted by Crippen LogP contribution is -2.50. The molecule has 1 aliphatic rings. The average molecular weight is 302 g/mol. The molecule has 0 aromatic heterocycles. The molecule has 5 nitrogen and oxygen atoms in total. The van der Waals surface area contributed by atoms with Crippen molar-refractivity contribution < 1.29 is 14.6 Å². The summed E-state index contributed by atoms with van der Waals surface area (Å²) in [5.41, 5.74) is 0.163. The predicted octanol–water partition coefficient (Wildman–Crippen LogP) is 0.970. The Labute approximate surface area is 130 Å². The van der Waals surface area contributed by atoms with Crippen molar-refractivity contribution in [2.24, 2.45) is 11.3 Å². The SMILES string of the molecule is COCCN(CCO)CC1(CNCC(C)C)CCCOC1. The van der Waals surface area contributed by atoms with Crippen molar-refractivity contribution in [1.82, 2.24) is 10.2 Å². The molecule has 1 rings (SSSR count). The molecular weight excluding hydrogens is 268 g/mol. The molecule has 126 valence electrons. The number of methoxy groups -OCH3 is 1. The van der Waals surface area contributed by atoms with E-state index in [1.54, 1.807) is 7.11 Å². The number of aliphatic hydroxyl groups is 1. The highest BCUT2D eigenvalue weighted by Crippen LogP contribution is 2.29.